The summed E-state index contributed by atoms with van der Waals surface area (Å²) in [6.45, 7) is 9.32. The van der Waals surface area contributed by atoms with Gasteiger partial charge in [0.1, 0.15) is 0 Å². The number of nitrogens with zero attached hydrogens (tertiary/aromatic N) is 3. The Kier molecular flexibility index (Phi) is 5.38. The maximum atomic E-state index is 8.94. The third-order valence-corrected chi connectivity index (χ3v) is 3.28. The number of rotatable bonds is 4. The van der Waals surface area contributed by atoms with E-state index in [1.54, 1.807) is 7.11 Å². The minimum absolute atomic E-state index is 0.271. The molecule has 4 heteroatoms. The van der Waals surface area contributed by atoms with Crippen LogP contribution in [0, 0.1) is 16.7 Å². The highest BCUT2D eigenvalue weighted by Gasteiger charge is 2.32. The van der Waals surface area contributed by atoms with Crippen molar-refractivity contribution >= 4 is 0 Å². The first-order chi connectivity index (χ1) is 7.98. The van der Waals surface area contributed by atoms with Crippen molar-refractivity contribution in [3.63, 3.8) is 0 Å². The summed E-state index contributed by atoms with van der Waals surface area (Å²) < 4.78 is 5.17. The highest BCUT2D eigenvalue weighted by Crippen LogP contribution is 2.24. The molecule has 0 aliphatic carbocycles. The van der Waals surface area contributed by atoms with E-state index in [4.69, 9.17) is 10.00 Å². The molecule has 1 saturated heterocycles. The van der Waals surface area contributed by atoms with Gasteiger partial charge in [-0.3, -0.25) is 4.90 Å². The number of hydrogen-bond donors (Lipinski definition) is 0. The predicted octanol–water partition coefficient (Wildman–Crippen LogP) is 1.19. The summed E-state index contributed by atoms with van der Waals surface area (Å²) in [5.41, 5.74) is 0.271. The van der Waals surface area contributed by atoms with Crippen molar-refractivity contribution in [2.75, 3.05) is 46.9 Å². The second-order valence-electron chi connectivity index (χ2n) is 5.84. The van der Waals surface area contributed by atoms with Gasteiger partial charge in [0.05, 0.1) is 19.1 Å². The Morgan fingerprint density at radius 3 is 2.71 bits per heavy atom. The Balaban J connectivity index is 2.73. The van der Waals surface area contributed by atoms with Crippen LogP contribution >= 0.6 is 0 Å². The van der Waals surface area contributed by atoms with Crippen LogP contribution in [0.5, 0.6) is 0 Å². The van der Waals surface area contributed by atoms with Crippen molar-refractivity contribution in [2.45, 2.75) is 26.3 Å². The van der Waals surface area contributed by atoms with Crippen LogP contribution in [-0.2, 0) is 4.74 Å². The molecule has 1 fully saturated rings. The van der Waals surface area contributed by atoms with Crippen LogP contribution in [0.15, 0.2) is 0 Å². The van der Waals surface area contributed by atoms with E-state index in [0.717, 1.165) is 32.8 Å². The second-order valence-corrected chi connectivity index (χ2v) is 5.84. The Labute approximate surface area is 105 Å². The number of nitriles is 1. The summed E-state index contributed by atoms with van der Waals surface area (Å²) >= 11 is 0. The average Bonchev–Trinajstić information content (AvgIpc) is 2.32. The van der Waals surface area contributed by atoms with Crippen molar-refractivity contribution in [2.24, 2.45) is 5.41 Å². The lowest BCUT2D eigenvalue weighted by Crippen LogP contribution is -2.43. The molecule has 98 valence electrons. The van der Waals surface area contributed by atoms with Crippen LogP contribution < -0.4 is 0 Å². The van der Waals surface area contributed by atoms with E-state index < -0.39 is 0 Å². The van der Waals surface area contributed by atoms with Crippen molar-refractivity contribution in [3.05, 3.63) is 0 Å². The zero-order valence-corrected chi connectivity index (χ0v) is 11.6. The van der Waals surface area contributed by atoms with Crippen LogP contribution in [0.2, 0.25) is 0 Å². The van der Waals surface area contributed by atoms with E-state index >= 15 is 0 Å². The van der Waals surface area contributed by atoms with Gasteiger partial charge in [0.25, 0.3) is 0 Å². The monoisotopic (exact) mass is 239 g/mol. The number of hydrogen-bond acceptors (Lipinski definition) is 4. The fraction of sp³-hybridized carbons (Fsp3) is 0.923. The second kappa shape index (κ2) is 6.34. The van der Waals surface area contributed by atoms with Gasteiger partial charge in [-0.25, -0.2) is 0 Å². The van der Waals surface area contributed by atoms with E-state index in [0.29, 0.717) is 12.5 Å². The molecular formula is C13H25N3O. The van der Waals surface area contributed by atoms with E-state index in [1.165, 1.54) is 0 Å². The van der Waals surface area contributed by atoms with Gasteiger partial charge < -0.3 is 9.64 Å². The SMILES string of the molecule is COCCN1CC(C)(C)CN(C)CC1CC#N. The molecule has 0 aromatic carbocycles. The maximum absolute atomic E-state index is 8.94. The van der Waals surface area contributed by atoms with Crippen LogP contribution in [0.3, 0.4) is 0 Å². The van der Waals surface area contributed by atoms with Gasteiger partial charge in [-0.15, -0.1) is 0 Å². The fourth-order valence-corrected chi connectivity index (χ4v) is 2.77. The summed E-state index contributed by atoms with van der Waals surface area (Å²) in [4.78, 5) is 4.75. The van der Waals surface area contributed by atoms with Crippen molar-refractivity contribution < 1.29 is 4.74 Å². The largest absolute Gasteiger partial charge is 0.383 e. The van der Waals surface area contributed by atoms with E-state index in [-0.39, 0.29) is 5.41 Å². The average molecular weight is 239 g/mol. The van der Waals surface area contributed by atoms with Crippen LogP contribution in [0.4, 0.5) is 0 Å². The third-order valence-electron chi connectivity index (χ3n) is 3.28. The smallest absolute Gasteiger partial charge is 0.0638 e. The minimum atomic E-state index is 0.271. The van der Waals surface area contributed by atoms with E-state index in [2.05, 4.69) is 36.8 Å². The summed E-state index contributed by atoms with van der Waals surface area (Å²) in [7, 11) is 3.88. The Hall–Kier alpha value is -0.630. The molecule has 0 bridgehead atoms. The predicted molar refractivity (Wildman–Crippen MR) is 68.7 cm³/mol. The fourth-order valence-electron chi connectivity index (χ4n) is 2.77. The summed E-state index contributed by atoms with van der Waals surface area (Å²) in [6, 6.07) is 2.65. The molecule has 0 aromatic rings. The number of likely N-dealkylation sites (N-methyl/N-ethyl adjacent to an activating group) is 1. The summed E-state index contributed by atoms with van der Waals surface area (Å²) in [6.07, 6.45) is 0.601. The molecule has 1 unspecified atom stereocenters. The van der Waals surface area contributed by atoms with E-state index in [1.807, 2.05) is 0 Å². The normalized spacial score (nSPS) is 26.4. The van der Waals surface area contributed by atoms with Crippen LogP contribution in [0.1, 0.15) is 20.3 Å². The van der Waals surface area contributed by atoms with Crippen molar-refractivity contribution in [1.82, 2.24) is 9.80 Å². The molecule has 1 heterocycles. The molecule has 1 atom stereocenters. The number of ether oxygens (including phenoxy) is 1. The highest BCUT2D eigenvalue weighted by molar-refractivity contribution is 4.91. The number of methoxy groups -OCH3 is 1. The lowest BCUT2D eigenvalue weighted by Gasteiger charge is -2.32. The highest BCUT2D eigenvalue weighted by atomic mass is 16.5. The van der Waals surface area contributed by atoms with Crippen molar-refractivity contribution in [1.29, 1.82) is 5.26 Å². The first-order valence-corrected chi connectivity index (χ1v) is 6.27. The maximum Gasteiger partial charge on any atom is 0.0638 e. The van der Waals surface area contributed by atoms with Crippen molar-refractivity contribution in [3.8, 4) is 6.07 Å². The lowest BCUT2D eigenvalue weighted by atomic mass is 9.92. The molecule has 0 saturated carbocycles. The van der Waals surface area contributed by atoms with Gasteiger partial charge in [0.2, 0.25) is 0 Å². The first-order valence-electron chi connectivity index (χ1n) is 6.27. The molecule has 1 aliphatic heterocycles. The molecule has 4 nitrogen and oxygen atoms in total. The van der Waals surface area contributed by atoms with Crippen LogP contribution in [-0.4, -0.2) is 62.8 Å². The molecule has 0 spiro atoms. The zero-order valence-electron chi connectivity index (χ0n) is 11.6. The standard InChI is InChI=1S/C13H25N3O/c1-13(2)10-15(3)9-12(5-6-14)16(11-13)7-8-17-4/h12H,5,7-11H2,1-4H3. The molecule has 1 rings (SSSR count). The summed E-state index contributed by atoms with van der Waals surface area (Å²) in [5.74, 6) is 0. The Morgan fingerprint density at radius 1 is 1.41 bits per heavy atom. The van der Waals surface area contributed by atoms with Gasteiger partial charge in [-0.2, -0.15) is 5.26 Å². The lowest BCUT2D eigenvalue weighted by molar-refractivity contribution is 0.103. The molecule has 17 heavy (non-hydrogen) atoms. The topological polar surface area (TPSA) is 39.5 Å². The minimum Gasteiger partial charge on any atom is -0.383 e. The van der Waals surface area contributed by atoms with E-state index in [9.17, 15) is 0 Å². The van der Waals surface area contributed by atoms with Gasteiger partial charge in [-0.05, 0) is 12.5 Å². The van der Waals surface area contributed by atoms with Gasteiger partial charge in [0.15, 0.2) is 0 Å². The first kappa shape index (κ1) is 14.4. The zero-order chi connectivity index (χ0) is 12.9. The summed E-state index contributed by atoms with van der Waals surface area (Å²) in [5, 5.41) is 8.94. The molecule has 1 aliphatic rings. The molecular weight excluding hydrogens is 214 g/mol. The molecule has 0 amide bonds. The van der Waals surface area contributed by atoms with Crippen LogP contribution in [0.25, 0.3) is 0 Å². The quantitative estimate of drug-likeness (QED) is 0.739. The Bertz CT molecular complexity index is 272. The molecule has 0 radical (unpaired) electrons. The van der Waals surface area contributed by atoms with Gasteiger partial charge in [0, 0.05) is 39.3 Å². The molecule has 0 aromatic heterocycles. The molecule has 0 N–H and O–H groups in total. The van der Waals surface area contributed by atoms with Gasteiger partial charge in [-0.1, -0.05) is 13.8 Å². The Morgan fingerprint density at radius 2 is 2.12 bits per heavy atom. The van der Waals surface area contributed by atoms with Gasteiger partial charge >= 0.3 is 0 Å². The third kappa shape index (κ3) is 4.63.